The largest absolute Gasteiger partial charge is 0.493 e. The Labute approximate surface area is 184 Å². The van der Waals surface area contributed by atoms with E-state index in [0.717, 1.165) is 11.1 Å². The number of hydrogen-bond acceptors (Lipinski definition) is 7. The second-order valence-corrected chi connectivity index (χ2v) is 7.63. The number of esters is 1. The van der Waals surface area contributed by atoms with Crippen LogP contribution in [0.15, 0.2) is 59.0 Å². The Bertz CT molecular complexity index is 1070. The molecule has 0 fully saturated rings. The highest BCUT2D eigenvalue weighted by Gasteiger charge is 2.13. The molecule has 0 saturated carbocycles. The van der Waals surface area contributed by atoms with Crippen molar-refractivity contribution >= 4 is 29.4 Å². The van der Waals surface area contributed by atoms with Crippen molar-refractivity contribution < 1.29 is 23.8 Å². The molecule has 8 heteroatoms. The monoisotopic (exact) mass is 438 g/mol. The molecule has 1 N–H and O–H groups in total. The van der Waals surface area contributed by atoms with Crippen molar-refractivity contribution in [1.82, 2.24) is 5.43 Å². The number of carbonyl (C=O) groups excluding carboxylic acids is 2. The third-order valence-electron chi connectivity index (χ3n) is 4.08. The summed E-state index contributed by atoms with van der Waals surface area (Å²) in [5.74, 6) is 0.464. The SMILES string of the molecule is COc1cc(/C=N\NC(=O)COc2cc(C)cc(C)c2)ccc1OC(=O)c1cccs1. The zero-order valence-corrected chi connectivity index (χ0v) is 18.2. The molecule has 3 aromatic rings. The lowest BCUT2D eigenvalue weighted by Crippen LogP contribution is -2.24. The molecule has 0 bridgehead atoms. The van der Waals surface area contributed by atoms with E-state index in [2.05, 4.69) is 10.5 Å². The second-order valence-electron chi connectivity index (χ2n) is 6.68. The van der Waals surface area contributed by atoms with E-state index in [0.29, 0.717) is 27.7 Å². The Morgan fingerprint density at radius 1 is 1.06 bits per heavy atom. The van der Waals surface area contributed by atoms with E-state index in [1.165, 1.54) is 24.7 Å². The van der Waals surface area contributed by atoms with E-state index >= 15 is 0 Å². The zero-order valence-electron chi connectivity index (χ0n) is 17.4. The molecule has 0 aliphatic carbocycles. The molecule has 1 aromatic heterocycles. The molecule has 1 amide bonds. The number of nitrogens with one attached hydrogen (secondary N) is 1. The first-order chi connectivity index (χ1) is 14.9. The number of thiophene rings is 1. The van der Waals surface area contributed by atoms with E-state index in [1.54, 1.807) is 35.7 Å². The Balaban J connectivity index is 1.55. The predicted molar refractivity (Wildman–Crippen MR) is 119 cm³/mol. The Morgan fingerprint density at radius 3 is 2.52 bits per heavy atom. The third-order valence-corrected chi connectivity index (χ3v) is 4.93. The summed E-state index contributed by atoms with van der Waals surface area (Å²) < 4.78 is 16.2. The maximum atomic E-state index is 12.1. The highest BCUT2D eigenvalue weighted by molar-refractivity contribution is 7.12. The number of amides is 1. The number of aryl methyl sites for hydroxylation is 2. The van der Waals surface area contributed by atoms with Gasteiger partial charge in [-0.05, 0) is 72.3 Å². The maximum Gasteiger partial charge on any atom is 0.353 e. The molecule has 0 radical (unpaired) electrons. The first kappa shape index (κ1) is 22.0. The molecular weight excluding hydrogens is 416 g/mol. The molecule has 2 aromatic carbocycles. The minimum Gasteiger partial charge on any atom is -0.493 e. The van der Waals surface area contributed by atoms with E-state index in [1.807, 2.05) is 32.0 Å². The van der Waals surface area contributed by atoms with Crippen molar-refractivity contribution in [3.63, 3.8) is 0 Å². The molecule has 0 aliphatic rings. The number of methoxy groups -OCH3 is 1. The van der Waals surface area contributed by atoms with Crippen molar-refractivity contribution in [2.75, 3.05) is 13.7 Å². The zero-order chi connectivity index (χ0) is 22.2. The second kappa shape index (κ2) is 10.4. The number of rotatable bonds is 8. The number of hydrogen-bond donors (Lipinski definition) is 1. The van der Waals surface area contributed by atoms with Gasteiger partial charge >= 0.3 is 5.97 Å². The van der Waals surface area contributed by atoms with Crippen molar-refractivity contribution in [1.29, 1.82) is 0 Å². The van der Waals surface area contributed by atoms with Crippen LogP contribution in [0.1, 0.15) is 26.4 Å². The summed E-state index contributed by atoms with van der Waals surface area (Å²) in [5, 5.41) is 5.73. The molecule has 0 saturated heterocycles. The Hall–Kier alpha value is -3.65. The molecule has 160 valence electrons. The fourth-order valence-electron chi connectivity index (χ4n) is 2.77. The lowest BCUT2D eigenvalue weighted by Gasteiger charge is -2.09. The van der Waals surface area contributed by atoms with Gasteiger partial charge in [-0.15, -0.1) is 11.3 Å². The van der Waals surface area contributed by atoms with Crippen molar-refractivity contribution in [3.8, 4) is 17.2 Å². The van der Waals surface area contributed by atoms with Gasteiger partial charge in [-0.3, -0.25) is 4.79 Å². The van der Waals surface area contributed by atoms with E-state index in [-0.39, 0.29) is 12.5 Å². The summed E-state index contributed by atoms with van der Waals surface area (Å²) in [7, 11) is 1.48. The van der Waals surface area contributed by atoms with Gasteiger partial charge in [-0.25, -0.2) is 10.2 Å². The predicted octanol–water partition coefficient (Wildman–Crippen LogP) is 4.12. The van der Waals surface area contributed by atoms with Gasteiger partial charge in [0.25, 0.3) is 5.91 Å². The van der Waals surface area contributed by atoms with Gasteiger partial charge in [0.1, 0.15) is 10.6 Å². The van der Waals surface area contributed by atoms with Crippen molar-refractivity contribution in [2.45, 2.75) is 13.8 Å². The lowest BCUT2D eigenvalue weighted by atomic mass is 10.1. The smallest absolute Gasteiger partial charge is 0.353 e. The molecule has 1 heterocycles. The summed E-state index contributed by atoms with van der Waals surface area (Å²) in [4.78, 5) is 24.6. The van der Waals surface area contributed by atoms with E-state index < -0.39 is 5.97 Å². The summed E-state index contributed by atoms with van der Waals surface area (Å²) >= 11 is 1.30. The molecule has 3 rings (SSSR count). The number of nitrogens with zero attached hydrogens (tertiary/aromatic N) is 1. The van der Waals surface area contributed by atoms with Crippen LogP contribution in [0.2, 0.25) is 0 Å². The molecular formula is C23H22N2O5S. The summed E-state index contributed by atoms with van der Waals surface area (Å²) in [6, 6.07) is 14.2. The van der Waals surface area contributed by atoms with Gasteiger partial charge in [0.15, 0.2) is 18.1 Å². The summed E-state index contributed by atoms with van der Waals surface area (Å²) in [6.07, 6.45) is 1.46. The Kier molecular flexibility index (Phi) is 7.40. The quantitative estimate of drug-likeness (QED) is 0.247. The van der Waals surface area contributed by atoms with Crippen LogP contribution >= 0.6 is 11.3 Å². The molecule has 7 nitrogen and oxygen atoms in total. The number of hydrazone groups is 1. The standard InChI is InChI=1S/C23H22N2O5S/c1-15-9-16(2)11-18(10-15)29-14-22(26)25-24-13-17-6-7-19(20(12-17)28-3)30-23(27)21-5-4-8-31-21/h4-13H,14H2,1-3H3,(H,25,26)/b24-13-. The number of carbonyl (C=O) groups is 2. The highest BCUT2D eigenvalue weighted by Crippen LogP contribution is 2.28. The first-order valence-corrected chi connectivity index (χ1v) is 10.3. The van der Waals surface area contributed by atoms with Crippen LogP contribution in [0.4, 0.5) is 0 Å². The van der Waals surface area contributed by atoms with Crippen LogP contribution in [0, 0.1) is 13.8 Å². The van der Waals surface area contributed by atoms with Gasteiger partial charge in [0.05, 0.1) is 13.3 Å². The minimum absolute atomic E-state index is 0.152. The average molecular weight is 439 g/mol. The summed E-state index contributed by atoms with van der Waals surface area (Å²) in [6.45, 7) is 3.78. The fourth-order valence-corrected chi connectivity index (χ4v) is 3.37. The summed E-state index contributed by atoms with van der Waals surface area (Å²) in [5.41, 5.74) is 5.19. The van der Waals surface area contributed by atoms with Gasteiger partial charge < -0.3 is 14.2 Å². The highest BCUT2D eigenvalue weighted by atomic mass is 32.1. The van der Waals surface area contributed by atoms with Crippen LogP contribution in [-0.2, 0) is 4.79 Å². The molecule has 0 atom stereocenters. The molecule has 0 spiro atoms. The topological polar surface area (TPSA) is 86.2 Å². The maximum absolute atomic E-state index is 12.1. The third kappa shape index (κ3) is 6.42. The minimum atomic E-state index is -0.453. The molecule has 31 heavy (non-hydrogen) atoms. The van der Waals surface area contributed by atoms with E-state index in [4.69, 9.17) is 14.2 Å². The normalized spacial score (nSPS) is 10.7. The average Bonchev–Trinajstić information content (AvgIpc) is 3.27. The van der Waals surface area contributed by atoms with Gasteiger partial charge in [-0.2, -0.15) is 5.10 Å². The van der Waals surface area contributed by atoms with Gasteiger partial charge in [0, 0.05) is 0 Å². The van der Waals surface area contributed by atoms with Crippen LogP contribution < -0.4 is 19.6 Å². The fraction of sp³-hybridized carbons (Fsp3) is 0.174. The van der Waals surface area contributed by atoms with Crippen LogP contribution in [0.5, 0.6) is 17.2 Å². The van der Waals surface area contributed by atoms with E-state index in [9.17, 15) is 9.59 Å². The van der Waals surface area contributed by atoms with Crippen LogP contribution in [-0.4, -0.2) is 31.8 Å². The lowest BCUT2D eigenvalue weighted by molar-refractivity contribution is -0.123. The van der Waals surface area contributed by atoms with Crippen LogP contribution in [0.25, 0.3) is 0 Å². The van der Waals surface area contributed by atoms with Crippen LogP contribution in [0.3, 0.4) is 0 Å². The molecule has 0 aliphatic heterocycles. The first-order valence-electron chi connectivity index (χ1n) is 9.41. The molecule has 0 unspecified atom stereocenters. The van der Waals surface area contributed by atoms with Crippen molar-refractivity contribution in [2.24, 2.45) is 5.10 Å². The number of benzene rings is 2. The van der Waals surface area contributed by atoms with Gasteiger partial charge in [-0.1, -0.05) is 12.1 Å². The van der Waals surface area contributed by atoms with Crippen molar-refractivity contribution in [3.05, 3.63) is 75.5 Å². The Morgan fingerprint density at radius 2 is 1.84 bits per heavy atom. The van der Waals surface area contributed by atoms with Gasteiger partial charge in [0.2, 0.25) is 0 Å². The number of ether oxygens (including phenoxy) is 3.